The maximum absolute atomic E-state index is 13.1. The Morgan fingerprint density at radius 1 is 1.47 bits per heavy atom. The van der Waals surface area contributed by atoms with Gasteiger partial charge in [-0.15, -0.1) is 0 Å². The molecule has 0 saturated carbocycles. The second-order valence-corrected chi connectivity index (χ2v) is 4.74. The third-order valence-corrected chi connectivity index (χ3v) is 3.67. The molecule has 0 amide bonds. The number of benzene rings is 1. The van der Waals surface area contributed by atoms with Crippen LogP contribution < -0.4 is 10.6 Å². The molecule has 17 heavy (non-hydrogen) atoms. The van der Waals surface area contributed by atoms with Gasteiger partial charge in [-0.1, -0.05) is 12.1 Å². The van der Waals surface area contributed by atoms with E-state index in [1.165, 1.54) is 23.7 Å². The van der Waals surface area contributed by atoms with Crippen LogP contribution in [0.1, 0.15) is 11.1 Å². The molecule has 0 radical (unpaired) electrons. The van der Waals surface area contributed by atoms with Gasteiger partial charge in [-0.3, -0.25) is 0 Å². The van der Waals surface area contributed by atoms with Crippen molar-refractivity contribution in [2.45, 2.75) is 13.5 Å². The molecule has 90 valence electrons. The molecule has 1 heterocycles. The molecular weight excluding hydrogens is 237 g/mol. The molecule has 2 N–H and O–H groups in total. The van der Waals surface area contributed by atoms with Crippen molar-refractivity contribution in [2.75, 3.05) is 17.7 Å². The van der Waals surface area contributed by atoms with E-state index in [2.05, 4.69) is 4.37 Å². The summed E-state index contributed by atoms with van der Waals surface area (Å²) in [6.45, 7) is 2.58. The number of anilines is 2. The summed E-state index contributed by atoms with van der Waals surface area (Å²) in [4.78, 5) is 2.03. The molecule has 0 atom stereocenters. The summed E-state index contributed by atoms with van der Waals surface area (Å²) in [7, 11) is 1.95. The highest BCUT2D eigenvalue weighted by Gasteiger charge is 2.11. The zero-order valence-corrected chi connectivity index (χ0v) is 10.6. The quantitative estimate of drug-likeness (QED) is 0.912. The maximum Gasteiger partial charge on any atom is 0.142 e. The van der Waals surface area contributed by atoms with Crippen molar-refractivity contribution in [1.29, 1.82) is 0 Å². The van der Waals surface area contributed by atoms with E-state index in [-0.39, 0.29) is 5.82 Å². The first-order chi connectivity index (χ1) is 8.08. The lowest BCUT2D eigenvalue weighted by atomic mass is 10.2. The summed E-state index contributed by atoms with van der Waals surface area (Å²) in [6.07, 6.45) is 0. The van der Waals surface area contributed by atoms with Crippen LogP contribution in [0.15, 0.2) is 24.3 Å². The third kappa shape index (κ3) is 2.55. The monoisotopic (exact) mass is 251 g/mol. The highest BCUT2D eigenvalue weighted by molar-refractivity contribution is 7.10. The van der Waals surface area contributed by atoms with Crippen molar-refractivity contribution in [1.82, 2.24) is 4.37 Å². The van der Waals surface area contributed by atoms with Crippen LogP contribution in [0.4, 0.5) is 15.2 Å². The lowest BCUT2D eigenvalue weighted by molar-refractivity contribution is 0.625. The van der Waals surface area contributed by atoms with Crippen molar-refractivity contribution >= 4 is 22.4 Å². The van der Waals surface area contributed by atoms with Gasteiger partial charge >= 0.3 is 0 Å². The molecule has 0 saturated heterocycles. The van der Waals surface area contributed by atoms with Crippen molar-refractivity contribution in [3.8, 4) is 0 Å². The van der Waals surface area contributed by atoms with Crippen LogP contribution in [0.3, 0.4) is 0 Å². The maximum atomic E-state index is 13.1. The number of hydrogen-bond acceptors (Lipinski definition) is 4. The van der Waals surface area contributed by atoms with Gasteiger partial charge < -0.3 is 10.6 Å². The van der Waals surface area contributed by atoms with E-state index in [1.54, 1.807) is 6.07 Å². The first kappa shape index (κ1) is 11.9. The van der Waals surface area contributed by atoms with Crippen LogP contribution in [0, 0.1) is 12.7 Å². The summed E-state index contributed by atoms with van der Waals surface area (Å²) in [5.74, 6) is 0.354. The summed E-state index contributed by atoms with van der Waals surface area (Å²) >= 11 is 1.36. The number of nitrogens with two attached hydrogens (primary N) is 1. The first-order valence-electron chi connectivity index (χ1n) is 5.25. The van der Waals surface area contributed by atoms with Crippen LogP contribution >= 0.6 is 11.5 Å². The Bertz CT molecular complexity index is 524. The normalized spacial score (nSPS) is 10.5. The van der Waals surface area contributed by atoms with Crippen molar-refractivity contribution in [3.05, 3.63) is 41.2 Å². The number of hydrogen-bond donors (Lipinski definition) is 1. The Balaban J connectivity index is 2.17. The Kier molecular flexibility index (Phi) is 3.28. The lowest BCUT2D eigenvalue weighted by Crippen LogP contribution is -2.16. The number of halogens is 1. The van der Waals surface area contributed by atoms with Crippen LogP contribution in [0.25, 0.3) is 0 Å². The zero-order chi connectivity index (χ0) is 12.4. The molecule has 0 fully saturated rings. The van der Waals surface area contributed by atoms with Crippen molar-refractivity contribution < 1.29 is 4.39 Å². The summed E-state index contributed by atoms with van der Waals surface area (Å²) in [5.41, 5.74) is 7.62. The Hall–Kier alpha value is -1.62. The van der Waals surface area contributed by atoms with Gasteiger partial charge in [-0.2, -0.15) is 4.37 Å². The first-order valence-corrected chi connectivity index (χ1v) is 6.02. The van der Waals surface area contributed by atoms with Gasteiger partial charge in [0.25, 0.3) is 0 Å². The fourth-order valence-electron chi connectivity index (χ4n) is 1.68. The van der Waals surface area contributed by atoms with Crippen LogP contribution in [-0.2, 0) is 6.54 Å². The summed E-state index contributed by atoms with van der Waals surface area (Å²) in [6, 6.07) is 6.60. The van der Waals surface area contributed by atoms with Gasteiger partial charge in [0.15, 0.2) is 0 Å². The second-order valence-electron chi connectivity index (χ2n) is 3.98. The van der Waals surface area contributed by atoms with Gasteiger partial charge in [0.05, 0.1) is 0 Å². The van der Waals surface area contributed by atoms with E-state index in [9.17, 15) is 4.39 Å². The topological polar surface area (TPSA) is 42.1 Å². The van der Waals surface area contributed by atoms with Gasteiger partial charge in [0, 0.05) is 19.2 Å². The fourth-order valence-corrected chi connectivity index (χ4v) is 2.44. The molecule has 0 aliphatic rings. The average Bonchev–Trinajstić information content (AvgIpc) is 2.60. The predicted octanol–water partition coefficient (Wildman–Crippen LogP) is 2.81. The third-order valence-electron chi connectivity index (χ3n) is 2.59. The standard InChI is InChI=1S/C12H14FN3S/c1-8-11(14)15-17-12(8)16(2)7-9-4-3-5-10(13)6-9/h3-6H,7H2,1-2H3,(H2,14,15). The lowest BCUT2D eigenvalue weighted by Gasteiger charge is -2.17. The molecule has 0 spiro atoms. The highest BCUT2D eigenvalue weighted by atomic mass is 32.1. The molecule has 5 heteroatoms. The van der Waals surface area contributed by atoms with E-state index in [0.29, 0.717) is 12.4 Å². The largest absolute Gasteiger partial charge is 0.383 e. The Labute approximate surface area is 104 Å². The van der Waals surface area contributed by atoms with Gasteiger partial charge in [0.2, 0.25) is 0 Å². The molecule has 3 nitrogen and oxygen atoms in total. The van der Waals surface area contributed by atoms with Crippen molar-refractivity contribution in [2.24, 2.45) is 0 Å². The van der Waals surface area contributed by atoms with Gasteiger partial charge in [0.1, 0.15) is 16.6 Å². The minimum Gasteiger partial charge on any atom is -0.383 e. The van der Waals surface area contributed by atoms with Crippen LogP contribution in [0.5, 0.6) is 0 Å². The number of aromatic nitrogens is 1. The summed E-state index contributed by atoms with van der Waals surface area (Å²) < 4.78 is 17.2. The van der Waals surface area contributed by atoms with E-state index < -0.39 is 0 Å². The SMILES string of the molecule is Cc1c(N)nsc1N(C)Cc1cccc(F)c1. The molecule has 1 aromatic heterocycles. The molecule has 0 bridgehead atoms. The van der Waals surface area contributed by atoms with E-state index in [4.69, 9.17) is 5.73 Å². The Morgan fingerprint density at radius 3 is 2.82 bits per heavy atom. The molecule has 0 aliphatic heterocycles. The molecule has 2 aromatic rings. The van der Waals surface area contributed by atoms with Crippen LogP contribution in [-0.4, -0.2) is 11.4 Å². The Morgan fingerprint density at radius 2 is 2.24 bits per heavy atom. The fraction of sp³-hybridized carbons (Fsp3) is 0.250. The number of nitrogen functional groups attached to an aromatic ring is 1. The molecule has 0 unspecified atom stereocenters. The zero-order valence-electron chi connectivity index (χ0n) is 9.77. The van der Waals surface area contributed by atoms with Crippen LogP contribution in [0.2, 0.25) is 0 Å². The smallest absolute Gasteiger partial charge is 0.142 e. The summed E-state index contributed by atoms with van der Waals surface area (Å²) in [5, 5.41) is 1.02. The van der Waals surface area contributed by atoms with Crippen molar-refractivity contribution in [3.63, 3.8) is 0 Å². The minimum atomic E-state index is -0.212. The molecule has 1 aromatic carbocycles. The van der Waals surface area contributed by atoms with Gasteiger partial charge in [-0.05, 0) is 36.2 Å². The van der Waals surface area contributed by atoms with Gasteiger partial charge in [-0.25, -0.2) is 4.39 Å². The number of nitrogens with zero attached hydrogens (tertiary/aromatic N) is 2. The van der Waals surface area contributed by atoms with E-state index in [1.807, 2.05) is 24.9 Å². The minimum absolute atomic E-state index is 0.212. The predicted molar refractivity (Wildman–Crippen MR) is 69.8 cm³/mol. The molecular formula is C12H14FN3S. The molecule has 0 aliphatic carbocycles. The van der Waals surface area contributed by atoms with E-state index in [0.717, 1.165) is 16.1 Å². The molecule has 2 rings (SSSR count). The number of rotatable bonds is 3. The highest BCUT2D eigenvalue weighted by Crippen LogP contribution is 2.29. The average molecular weight is 251 g/mol. The van der Waals surface area contributed by atoms with E-state index >= 15 is 0 Å². The second kappa shape index (κ2) is 4.71.